The van der Waals surface area contributed by atoms with E-state index in [2.05, 4.69) is 0 Å². The molecule has 0 N–H and O–H groups in total. The van der Waals surface area contributed by atoms with Crippen LogP contribution in [-0.2, 0) is 14.3 Å². The number of hydrogen-bond donors (Lipinski definition) is 0. The number of amides is 1. The van der Waals surface area contributed by atoms with Gasteiger partial charge in [0.2, 0.25) is 5.91 Å². The van der Waals surface area contributed by atoms with Crippen molar-refractivity contribution >= 4 is 29.6 Å². The molecule has 2 rings (SSSR count). The summed E-state index contributed by atoms with van der Waals surface area (Å²) in [5.41, 5.74) is 0.911. The molecule has 1 aromatic rings. The molecule has 0 bridgehead atoms. The molecule has 1 heterocycles. The number of rotatable bonds is 3. The molecule has 1 atom stereocenters. The van der Waals surface area contributed by atoms with E-state index >= 15 is 0 Å². The van der Waals surface area contributed by atoms with Gasteiger partial charge in [-0.25, -0.2) is 0 Å². The van der Waals surface area contributed by atoms with Crippen LogP contribution >= 0.6 is 11.6 Å². The van der Waals surface area contributed by atoms with E-state index in [0.717, 1.165) is 18.4 Å². The van der Waals surface area contributed by atoms with Crippen molar-refractivity contribution in [1.29, 1.82) is 0 Å². The van der Waals surface area contributed by atoms with Crippen molar-refractivity contribution in [2.24, 2.45) is 5.92 Å². The number of esters is 1. The average Bonchev–Trinajstić information content (AvgIpc) is 2.53. The Bertz CT molecular complexity index is 539. The summed E-state index contributed by atoms with van der Waals surface area (Å²) < 4.78 is 4.75. The van der Waals surface area contributed by atoms with E-state index in [0.29, 0.717) is 18.1 Å². The third-order valence-electron chi connectivity index (χ3n) is 3.56. The van der Waals surface area contributed by atoms with Crippen molar-refractivity contribution < 1.29 is 14.3 Å². The first-order chi connectivity index (χ1) is 10.1. The summed E-state index contributed by atoms with van der Waals surface area (Å²) in [6, 6.07) is 7.25. The summed E-state index contributed by atoms with van der Waals surface area (Å²) in [6.45, 7) is 1.10. The van der Waals surface area contributed by atoms with E-state index < -0.39 is 0 Å². The first-order valence-corrected chi connectivity index (χ1v) is 7.28. The Kier molecular flexibility index (Phi) is 5.39. The van der Waals surface area contributed by atoms with Crippen LogP contribution in [0.4, 0.5) is 0 Å². The number of likely N-dealkylation sites (tertiary alicyclic amines) is 1. The predicted molar refractivity (Wildman–Crippen MR) is 81.8 cm³/mol. The first-order valence-electron chi connectivity index (χ1n) is 6.90. The second-order valence-corrected chi connectivity index (χ2v) is 5.47. The summed E-state index contributed by atoms with van der Waals surface area (Å²) >= 11 is 5.81. The van der Waals surface area contributed by atoms with Gasteiger partial charge < -0.3 is 9.64 Å². The van der Waals surface area contributed by atoms with Crippen molar-refractivity contribution in [1.82, 2.24) is 4.90 Å². The van der Waals surface area contributed by atoms with Gasteiger partial charge in [0.1, 0.15) is 0 Å². The van der Waals surface area contributed by atoms with Crippen LogP contribution in [0, 0.1) is 5.92 Å². The average molecular weight is 308 g/mol. The Labute approximate surface area is 129 Å². The number of halogens is 1. The van der Waals surface area contributed by atoms with Crippen LogP contribution in [0.15, 0.2) is 30.3 Å². The fraction of sp³-hybridized carbons (Fsp3) is 0.375. The SMILES string of the molecule is COC(=O)[C@H]1CCCN(C(=O)/C=C/c2ccc(Cl)cc2)C1. The molecule has 1 aliphatic heterocycles. The van der Waals surface area contributed by atoms with Crippen molar-refractivity contribution in [3.8, 4) is 0 Å². The summed E-state index contributed by atoms with van der Waals surface area (Å²) in [6.07, 6.45) is 4.88. The van der Waals surface area contributed by atoms with E-state index in [-0.39, 0.29) is 17.8 Å². The normalized spacial score (nSPS) is 18.8. The Morgan fingerprint density at radius 1 is 1.33 bits per heavy atom. The minimum absolute atomic E-state index is 0.0847. The maximum atomic E-state index is 12.2. The van der Waals surface area contributed by atoms with Gasteiger partial charge in [-0.3, -0.25) is 9.59 Å². The van der Waals surface area contributed by atoms with Gasteiger partial charge in [-0.05, 0) is 36.6 Å². The topological polar surface area (TPSA) is 46.6 Å². The summed E-state index contributed by atoms with van der Waals surface area (Å²) in [4.78, 5) is 25.4. The third-order valence-corrected chi connectivity index (χ3v) is 3.81. The van der Waals surface area contributed by atoms with Gasteiger partial charge >= 0.3 is 5.97 Å². The maximum Gasteiger partial charge on any atom is 0.310 e. The van der Waals surface area contributed by atoms with E-state index in [1.807, 2.05) is 12.1 Å². The second-order valence-electron chi connectivity index (χ2n) is 5.03. The molecule has 5 heteroatoms. The quantitative estimate of drug-likeness (QED) is 0.637. The van der Waals surface area contributed by atoms with Crippen LogP contribution in [0.5, 0.6) is 0 Å². The number of benzene rings is 1. The van der Waals surface area contributed by atoms with Crippen LogP contribution in [-0.4, -0.2) is 37.0 Å². The molecule has 4 nitrogen and oxygen atoms in total. The minimum Gasteiger partial charge on any atom is -0.469 e. The highest BCUT2D eigenvalue weighted by molar-refractivity contribution is 6.30. The van der Waals surface area contributed by atoms with Gasteiger partial charge in [0.25, 0.3) is 0 Å². The number of carbonyl (C=O) groups excluding carboxylic acids is 2. The Morgan fingerprint density at radius 3 is 2.71 bits per heavy atom. The lowest BCUT2D eigenvalue weighted by molar-refractivity contribution is -0.148. The molecule has 0 aromatic heterocycles. The molecular formula is C16H18ClNO3. The zero-order valence-corrected chi connectivity index (χ0v) is 12.7. The largest absolute Gasteiger partial charge is 0.469 e. The molecule has 0 unspecified atom stereocenters. The van der Waals surface area contributed by atoms with Gasteiger partial charge in [-0.1, -0.05) is 23.7 Å². The van der Waals surface area contributed by atoms with E-state index in [1.54, 1.807) is 23.1 Å². The molecule has 0 spiro atoms. The molecule has 21 heavy (non-hydrogen) atoms. The lowest BCUT2D eigenvalue weighted by atomic mass is 9.98. The number of piperidine rings is 1. The molecule has 1 aromatic carbocycles. The van der Waals surface area contributed by atoms with Gasteiger partial charge in [-0.15, -0.1) is 0 Å². The Hall–Kier alpha value is -1.81. The maximum absolute atomic E-state index is 12.2. The zero-order valence-electron chi connectivity index (χ0n) is 11.9. The number of nitrogens with zero attached hydrogens (tertiary/aromatic N) is 1. The van der Waals surface area contributed by atoms with Crippen LogP contribution in [0.2, 0.25) is 5.02 Å². The molecule has 1 amide bonds. The monoisotopic (exact) mass is 307 g/mol. The van der Waals surface area contributed by atoms with Gasteiger partial charge in [0.15, 0.2) is 0 Å². The van der Waals surface area contributed by atoms with Gasteiger partial charge in [0.05, 0.1) is 13.0 Å². The summed E-state index contributed by atoms with van der Waals surface area (Å²) in [7, 11) is 1.38. The van der Waals surface area contributed by atoms with Crippen LogP contribution in [0.1, 0.15) is 18.4 Å². The Morgan fingerprint density at radius 2 is 2.05 bits per heavy atom. The second kappa shape index (κ2) is 7.27. The Balaban J connectivity index is 1.96. The van der Waals surface area contributed by atoms with E-state index in [4.69, 9.17) is 16.3 Å². The first kappa shape index (κ1) is 15.6. The van der Waals surface area contributed by atoms with Crippen molar-refractivity contribution in [2.75, 3.05) is 20.2 Å². The molecule has 0 aliphatic carbocycles. The zero-order chi connectivity index (χ0) is 15.2. The highest BCUT2D eigenvalue weighted by Gasteiger charge is 2.28. The van der Waals surface area contributed by atoms with Crippen molar-refractivity contribution in [3.05, 3.63) is 40.9 Å². The molecule has 1 fully saturated rings. The lowest BCUT2D eigenvalue weighted by Crippen LogP contribution is -2.41. The highest BCUT2D eigenvalue weighted by atomic mass is 35.5. The van der Waals surface area contributed by atoms with Gasteiger partial charge in [-0.2, -0.15) is 0 Å². The van der Waals surface area contributed by atoms with E-state index in [1.165, 1.54) is 13.2 Å². The fourth-order valence-electron chi connectivity index (χ4n) is 2.38. The summed E-state index contributed by atoms with van der Waals surface area (Å²) in [5.74, 6) is -0.538. The van der Waals surface area contributed by atoms with E-state index in [9.17, 15) is 9.59 Å². The van der Waals surface area contributed by atoms with Gasteiger partial charge in [0, 0.05) is 24.2 Å². The number of hydrogen-bond acceptors (Lipinski definition) is 3. The van der Waals surface area contributed by atoms with Crippen LogP contribution < -0.4 is 0 Å². The third kappa shape index (κ3) is 4.33. The number of ether oxygens (including phenoxy) is 1. The van der Waals surface area contributed by atoms with Crippen LogP contribution in [0.25, 0.3) is 6.08 Å². The standard InChI is InChI=1S/C16H18ClNO3/c1-21-16(20)13-3-2-10-18(11-13)15(19)9-6-12-4-7-14(17)8-5-12/h4-9,13H,2-3,10-11H2,1H3/b9-6+/t13-/m0/s1. The number of carbonyl (C=O) groups is 2. The molecule has 0 saturated carbocycles. The lowest BCUT2D eigenvalue weighted by Gasteiger charge is -2.30. The smallest absolute Gasteiger partial charge is 0.310 e. The fourth-order valence-corrected chi connectivity index (χ4v) is 2.51. The highest BCUT2D eigenvalue weighted by Crippen LogP contribution is 2.18. The predicted octanol–water partition coefficient (Wildman–Crippen LogP) is 2.76. The summed E-state index contributed by atoms with van der Waals surface area (Å²) in [5, 5.41) is 0.662. The molecule has 112 valence electrons. The minimum atomic E-state index is -0.241. The molecule has 0 radical (unpaired) electrons. The number of methoxy groups -OCH3 is 1. The van der Waals surface area contributed by atoms with Crippen LogP contribution in [0.3, 0.4) is 0 Å². The van der Waals surface area contributed by atoms with Crippen molar-refractivity contribution in [3.63, 3.8) is 0 Å². The molecular weight excluding hydrogens is 290 g/mol. The van der Waals surface area contributed by atoms with Crippen molar-refractivity contribution in [2.45, 2.75) is 12.8 Å². The molecule has 1 saturated heterocycles. The molecule has 1 aliphatic rings.